The lowest BCUT2D eigenvalue weighted by atomic mass is 10.1. The fraction of sp³-hybridized carbons (Fsp3) is 0.0588. The number of phenols is 1. The maximum absolute atomic E-state index is 12.2. The smallest absolute Gasteiger partial charge is 0.335 e. The maximum Gasteiger partial charge on any atom is 0.335 e. The number of nitrogens with one attached hydrogen (secondary N) is 2. The Kier molecular flexibility index (Phi) is 4.17. The predicted octanol–water partition coefficient (Wildman–Crippen LogP) is 2.12. The van der Waals surface area contributed by atoms with Crippen LogP contribution in [-0.4, -0.2) is 38.0 Å². The number of hydrogen-bond donors (Lipinski definition) is 4. The molecule has 0 bridgehead atoms. The van der Waals surface area contributed by atoms with Crippen molar-refractivity contribution in [1.82, 2.24) is 15.6 Å². The molecular formula is C17H14N4O4. The predicted molar refractivity (Wildman–Crippen MR) is 90.8 cm³/mol. The van der Waals surface area contributed by atoms with Gasteiger partial charge in [-0.2, -0.15) is 10.2 Å². The van der Waals surface area contributed by atoms with Crippen LogP contribution in [0.15, 0.2) is 47.6 Å². The van der Waals surface area contributed by atoms with E-state index in [1.807, 2.05) is 6.07 Å². The number of hydrazone groups is 1. The van der Waals surface area contributed by atoms with E-state index in [0.717, 1.165) is 11.6 Å². The van der Waals surface area contributed by atoms with Crippen LogP contribution in [0.2, 0.25) is 0 Å². The first-order valence-electron chi connectivity index (χ1n) is 7.32. The van der Waals surface area contributed by atoms with Gasteiger partial charge in [-0.1, -0.05) is 18.2 Å². The van der Waals surface area contributed by atoms with E-state index in [2.05, 4.69) is 20.7 Å². The number of rotatable bonds is 4. The molecule has 4 N–H and O–H groups in total. The molecule has 0 radical (unpaired) electrons. The van der Waals surface area contributed by atoms with Crippen LogP contribution in [0.1, 0.15) is 33.3 Å². The fourth-order valence-corrected chi connectivity index (χ4v) is 2.35. The lowest BCUT2D eigenvalue weighted by Gasteiger charge is -2.05. The summed E-state index contributed by atoms with van der Waals surface area (Å²) in [5, 5.41) is 30.2. The summed E-state index contributed by atoms with van der Waals surface area (Å²) in [4.78, 5) is 23.1. The number of fused-ring (bicyclic) bond motifs is 1. The summed E-state index contributed by atoms with van der Waals surface area (Å²) >= 11 is 0. The number of para-hydroxylation sites is 1. The van der Waals surface area contributed by atoms with E-state index in [1.165, 1.54) is 12.1 Å². The van der Waals surface area contributed by atoms with Crippen molar-refractivity contribution in [2.75, 3.05) is 0 Å². The molecule has 0 spiro atoms. The van der Waals surface area contributed by atoms with Gasteiger partial charge in [0.05, 0.1) is 16.8 Å². The van der Waals surface area contributed by atoms with E-state index < -0.39 is 11.9 Å². The highest BCUT2D eigenvalue weighted by atomic mass is 16.4. The molecule has 0 saturated heterocycles. The Morgan fingerprint density at radius 3 is 2.68 bits per heavy atom. The number of nitrogens with zero attached hydrogens (tertiary/aromatic N) is 2. The highest BCUT2D eigenvalue weighted by Gasteiger charge is 2.14. The van der Waals surface area contributed by atoms with Crippen molar-refractivity contribution in [3.05, 3.63) is 59.3 Å². The summed E-state index contributed by atoms with van der Waals surface area (Å²) in [6.45, 7) is 1.58. The van der Waals surface area contributed by atoms with E-state index in [1.54, 1.807) is 25.1 Å². The first-order chi connectivity index (χ1) is 12.0. The monoisotopic (exact) mass is 338 g/mol. The van der Waals surface area contributed by atoms with E-state index in [9.17, 15) is 14.7 Å². The largest absolute Gasteiger partial charge is 0.507 e. The number of aromatic carboxylic acids is 1. The van der Waals surface area contributed by atoms with Gasteiger partial charge < -0.3 is 10.2 Å². The van der Waals surface area contributed by atoms with Crippen LogP contribution in [-0.2, 0) is 0 Å². The minimum Gasteiger partial charge on any atom is -0.507 e. The van der Waals surface area contributed by atoms with Gasteiger partial charge in [0.25, 0.3) is 5.91 Å². The van der Waals surface area contributed by atoms with Gasteiger partial charge in [-0.15, -0.1) is 0 Å². The summed E-state index contributed by atoms with van der Waals surface area (Å²) in [6, 6.07) is 11.1. The number of carboxylic acid groups (broad SMARTS) is 1. The van der Waals surface area contributed by atoms with Crippen LogP contribution >= 0.6 is 0 Å². The topological polar surface area (TPSA) is 128 Å². The second-order valence-corrected chi connectivity index (χ2v) is 5.29. The molecule has 8 nitrogen and oxygen atoms in total. The first-order valence-corrected chi connectivity index (χ1v) is 7.32. The lowest BCUT2D eigenvalue weighted by Crippen LogP contribution is -2.20. The molecule has 8 heteroatoms. The Labute approximate surface area is 141 Å². The number of carboxylic acids is 1. The van der Waals surface area contributed by atoms with Crippen LogP contribution < -0.4 is 5.43 Å². The highest BCUT2D eigenvalue weighted by Crippen LogP contribution is 2.20. The number of hydrogen-bond acceptors (Lipinski definition) is 5. The van der Waals surface area contributed by atoms with Crippen molar-refractivity contribution in [3.8, 4) is 5.75 Å². The van der Waals surface area contributed by atoms with Gasteiger partial charge in [-0.3, -0.25) is 9.89 Å². The van der Waals surface area contributed by atoms with Crippen LogP contribution in [0.25, 0.3) is 10.9 Å². The molecule has 3 aromatic rings. The Bertz CT molecular complexity index is 1010. The zero-order chi connectivity index (χ0) is 18.0. The number of benzene rings is 2. The SMILES string of the molecule is C/C(=N\NC(=O)c1n[nH]c2ccccc12)c1ccc(C(=O)O)cc1O. The highest BCUT2D eigenvalue weighted by molar-refractivity contribution is 6.06. The summed E-state index contributed by atoms with van der Waals surface area (Å²) in [7, 11) is 0. The second-order valence-electron chi connectivity index (χ2n) is 5.29. The average Bonchev–Trinajstić information content (AvgIpc) is 3.03. The van der Waals surface area contributed by atoms with Crippen molar-refractivity contribution in [2.45, 2.75) is 6.92 Å². The number of H-pyrrole nitrogens is 1. The summed E-state index contributed by atoms with van der Waals surface area (Å²) in [5.74, 6) is -1.88. The van der Waals surface area contributed by atoms with Crippen LogP contribution in [0.4, 0.5) is 0 Å². The zero-order valence-electron chi connectivity index (χ0n) is 13.1. The van der Waals surface area contributed by atoms with Crippen molar-refractivity contribution < 1.29 is 19.8 Å². The lowest BCUT2D eigenvalue weighted by molar-refractivity contribution is 0.0696. The fourth-order valence-electron chi connectivity index (χ4n) is 2.35. The Morgan fingerprint density at radius 1 is 1.20 bits per heavy atom. The number of amides is 1. The molecular weight excluding hydrogens is 324 g/mol. The molecule has 126 valence electrons. The van der Waals surface area contributed by atoms with E-state index in [0.29, 0.717) is 16.7 Å². The van der Waals surface area contributed by atoms with Crippen LogP contribution in [0.3, 0.4) is 0 Å². The second kappa shape index (κ2) is 6.44. The van der Waals surface area contributed by atoms with Crippen LogP contribution in [0.5, 0.6) is 5.75 Å². The number of aromatic hydroxyl groups is 1. The number of aromatic nitrogens is 2. The normalized spacial score (nSPS) is 11.5. The molecule has 0 atom stereocenters. The third kappa shape index (κ3) is 3.18. The Morgan fingerprint density at radius 2 is 1.96 bits per heavy atom. The summed E-state index contributed by atoms with van der Waals surface area (Å²) in [5.41, 5.74) is 3.92. The van der Waals surface area contributed by atoms with Gasteiger partial charge in [0, 0.05) is 10.9 Å². The number of aromatic amines is 1. The summed E-state index contributed by atoms with van der Waals surface area (Å²) in [6.07, 6.45) is 0. The van der Waals surface area contributed by atoms with Crippen molar-refractivity contribution in [1.29, 1.82) is 0 Å². The molecule has 0 aliphatic rings. The minimum atomic E-state index is -1.14. The van der Waals surface area contributed by atoms with Gasteiger partial charge in [0.1, 0.15) is 5.75 Å². The third-order valence-electron chi connectivity index (χ3n) is 3.65. The van der Waals surface area contributed by atoms with Gasteiger partial charge in [0.15, 0.2) is 5.69 Å². The van der Waals surface area contributed by atoms with Gasteiger partial charge in [-0.25, -0.2) is 10.2 Å². The molecule has 3 rings (SSSR count). The van der Waals surface area contributed by atoms with E-state index in [-0.39, 0.29) is 17.0 Å². The van der Waals surface area contributed by atoms with Crippen molar-refractivity contribution in [2.24, 2.45) is 5.10 Å². The molecule has 0 saturated carbocycles. The van der Waals surface area contributed by atoms with Crippen molar-refractivity contribution in [3.63, 3.8) is 0 Å². The maximum atomic E-state index is 12.2. The molecule has 0 unspecified atom stereocenters. The zero-order valence-corrected chi connectivity index (χ0v) is 13.1. The number of phenolic OH excluding ortho intramolecular Hbond substituents is 1. The summed E-state index contributed by atoms with van der Waals surface area (Å²) < 4.78 is 0. The quantitative estimate of drug-likeness (QED) is 0.428. The van der Waals surface area contributed by atoms with Crippen LogP contribution in [0, 0.1) is 0 Å². The van der Waals surface area contributed by atoms with Gasteiger partial charge >= 0.3 is 5.97 Å². The number of carbonyl (C=O) groups is 2. The molecule has 1 aromatic heterocycles. The molecule has 1 amide bonds. The standard InChI is InChI=1S/C17H14N4O4/c1-9(11-7-6-10(17(24)25)8-14(11)22)18-21-16(23)15-12-4-2-3-5-13(12)19-20-15/h2-8,22H,1H3,(H,19,20)(H,21,23)(H,24,25)/b18-9+. The van der Waals surface area contributed by atoms with Gasteiger partial charge in [0.2, 0.25) is 0 Å². The molecule has 0 aliphatic carbocycles. The van der Waals surface area contributed by atoms with Crippen molar-refractivity contribution >= 4 is 28.5 Å². The Balaban J connectivity index is 1.81. The van der Waals surface area contributed by atoms with E-state index in [4.69, 9.17) is 5.11 Å². The molecule has 2 aromatic carbocycles. The minimum absolute atomic E-state index is 0.0407. The first kappa shape index (κ1) is 16.2. The van der Waals surface area contributed by atoms with E-state index >= 15 is 0 Å². The molecule has 0 fully saturated rings. The Hall–Kier alpha value is -3.68. The number of carbonyl (C=O) groups excluding carboxylic acids is 1. The molecule has 0 aliphatic heterocycles. The average molecular weight is 338 g/mol. The third-order valence-corrected chi connectivity index (χ3v) is 3.65. The molecule has 1 heterocycles. The van der Waals surface area contributed by atoms with Gasteiger partial charge in [-0.05, 0) is 31.2 Å². The molecule has 25 heavy (non-hydrogen) atoms.